The average molecular weight is 168 g/mol. The van der Waals surface area contributed by atoms with Gasteiger partial charge in [0.25, 0.3) is 0 Å². The number of primary amides is 1. The fourth-order valence-electron chi connectivity index (χ4n) is 0.858. The van der Waals surface area contributed by atoms with Gasteiger partial charge in [-0.2, -0.15) is 5.10 Å². The predicted molar refractivity (Wildman–Crippen MR) is 44.1 cm³/mol. The molecule has 5 heteroatoms. The van der Waals surface area contributed by atoms with E-state index < -0.39 is 11.9 Å². The average Bonchev–Trinajstić information content (AvgIpc) is 2.35. The van der Waals surface area contributed by atoms with E-state index in [4.69, 9.17) is 11.5 Å². The van der Waals surface area contributed by atoms with Crippen LogP contribution in [0.25, 0.3) is 0 Å². The molecule has 0 aromatic carbocycles. The van der Waals surface area contributed by atoms with Gasteiger partial charge in [-0.25, -0.2) is 0 Å². The van der Waals surface area contributed by atoms with Gasteiger partial charge >= 0.3 is 0 Å². The molecule has 1 rings (SSSR count). The first kappa shape index (κ1) is 8.73. The molecule has 0 aliphatic rings. The molecule has 0 saturated heterocycles. The lowest BCUT2D eigenvalue weighted by Crippen LogP contribution is -2.39. The molecule has 4 N–H and O–H groups in total. The molecule has 1 amide bonds. The highest BCUT2D eigenvalue weighted by atomic mass is 16.1. The lowest BCUT2D eigenvalue weighted by atomic mass is 10.3. The molecule has 12 heavy (non-hydrogen) atoms. The largest absolute Gasteiger partial charge is 0.368 e. The van der Waals surface area contributed by atoms with Gasteiger partial charge in [0.2, 0.25) is 5.91 Å². The number of carbonyl (C=O) groups excluding carboxylic acids is 1. The van der Waals surface area contributed by atoms with Crippen molar-refractivity contribution < 1.29 is 4.79 Å². The Bertz CT molecular complexity index is 281. The van der Waals surface area contributed by atoms with Crippen LogP contribution in [0, 0.1) is 6.92 Å². The summed E-state index contributed by atoms with van der Waals surface area (Å²) in [6, 6.07) is -0.663. The smallest absolute Gasteiger partial charge is 0.236 e. The number of hydrogen-bond donors (Lipinski definition) is 2. The van der Waals surface area contributed by atoms with Gasteiger partial charge in [0.15, 0.2) is 0 Å². The van der Waals surface area contributed by atoms with E-state index in [1.807, 2.05) is 13.1 Å². The summed E-state index contributed by atoms with van der Waals surface area (Å²) in [5.41, 5.74) is 11.4. The molecule has 0 aliphatic carbocycles. The summed E-state index contributed by atoms with van der Waals surface area (Å²) in [5.74, 6) is -0.511. The second-order valence-electron chi connectivity index (χ2n) is 2.75. The van der Waals surface area contributed by atoms with Crippen molar-refractivity contribution in [2.75, 3.05) is 0 Å². The molecular formula is C7H12N4O. The molecule has 0 fully saturated rings. The molecule has 1 atom stereocenters. The highest BCUT2D eigenvalue weighted by Gasteiger charge is 2.09. The quantitative estimate of drug-likeness (QED) is 0.607. The topological polar surface area (TPSA) is 86.9 Å². The summed E-state index contributed by atoms with van der Waals surface area (Å²) in [7, 11) is 0. The fourth-order valence-corrected chi connectivity index (χ4v) is 0.858. The second kappa shape index (κ2) is 3.36. The van der Waals surface area contributed by atoms with E-state index in [1.54, 1.807) is 10.9 Å². The maximum Gasteiger partial charge on any atom is 0.236 e. The van der Waals surface area contributed by atoms with Crippen LogP contribution in [0.4, 0.5) is 0 Å². The number of amides is 1. The molecular weight excluding hydrogens is 156 g/mol. The highest BCUT2D eigenvalue weighted by molar-refractivity contribution is 5.79. The number of nitrogens with zero attached hydrogens (tertiary/aromatic N) is 2. The number of aryl methyl sites for hydroxylation is 1. The number of carbonyl (C=O) groups is 1. The molecule has 0 radical (unpaired) electrons. The van der Waals surface area contributed by atoms with Gasteiger partial charge in [0, 0.05) is 6.20 Å². The number of nitrogens with two attached hydrogens (primary N) is 2. The Morgan fingerprint density at radius 1 is 1.83 bits per heavy atom. The van der Waals surface area contributed by atoms with E-state index in [-0.39, 0.29) is 0 Å². The van der Waals surface area contributed by atoms with Gasteiger partial charge in [-0.1, -0.05) is 0 Å². The van der Waals surface area contributed by atoms with Crippen molar-refractivity contribution in [1.82, 2.24) is 9.78 Å². The molecule has 5 nitrogen and oxygen atoms in total. The molecule has 0 saturated carbocycles. The van der Waals surface area contributed by atoms with Crippen molar-refractivity contribution in [2.45, 2.75) is 19.5 Å². The SMILES string of the molecule is Cc1cnn(CC(N)C(N)=O)c1. The third kappa shape index (κ3) is 2.06. The van der Waals surface area contributed by atoms with Crippen molar-refractivity contribution in [1.29, 1.82) is 0 Å². The lowest BCUT2D eigenvalue weighted by Gasteiger charge is -2.06. The van der Waals surface area contributed by atoms with E-state index in [9.17, 15) is 4.79 Å². The first-order chi connectivity index (χ1) is 5.59. The second-order valence-corrected chi connectivity index (χ2v) is 2.75. The molecule has 1 unspecified atom stereocenters. The van der Waals surface area contributed by atoms with Crippen molar-refractivity contribution >= 4 is 5.91 Å². The van der Waals surface area contributed by atoms with Crippen LogP contribution in [-0.4, -0.2) is 21.7 Å². The number of rotatable bonds is 3. The van der Waals surface area contributed by atoms with Crippen molar-refractivity contribution in [3.63, 3.8) is 0 Å². The summed E-state index contributed by atoms with van der Waals surface area (Å²) in [6.45, 7) is 2.25. The van der Waals surface area contributed by atoms with Gasteiger partial charge in [-0.05, 0) is 12.5 Å². The summed E-state index contributed by atoms with van der Waals surface area (Å²) < 4.78 is 1.60. The van der Waals surface area contributed by atoms with Gasteiger partial charge in [-0.3, -0.25) is 9.48 Å². The zero-order valence-corrected chi connectivity index (χ0v) is 6.90. The molecule has 1 aromatic rings. The van der Waals surface area contributed by atoms with Crippen LogP contribution in [0.1, 0.15) is 5.56 Å². The van der Waals surface area contributed by atoms with E-state index in [2.05, 4.69) is 5.10 Å². The Morgan fingerprint density at radius 2 is 2.50 bits per heavy atom. The van der Waals surface area contributed by atoms with Gasteiger partial charge < -0.3 is 11.5 Å². The maximum atomic E-state index is 10.6. The minimum Gasteiger partial charge on any atom is -0.368 e. The van der Waals surface area contributed by atoms with Crippen LogP contribution in [0.15, 0.2) is 12.4 Å². The molecule has 0 bridgehead atoms. The van der Waals surface area contributed by atoms with Crippen LogP contribution in [0.2, 0.25) is 0 Å². The lowest BCUT2D eigenvalue weighted by molar-refractivity contribution is -0.119. The zero-order chi connectivity index (χ0) is 9.14. The Hall–Kier alpha value is -1.36. The minimum absolute atomic E-state index is 0.336. The van der Waals surface area contributed by atoms with Gasteiger partial charge in [0.05, 0.1) is 12.7 Å². The van der Waals surface area contributed by atoms with Crippen LogP contribution in [0.3, 0.4) is 0 Å². The zero-order valence-electron chi connectivity index (χ0n) is 6.90. The molecule has 1 aromatic heterocycles. The van der Waals surface area contributed by atoms with E-state index in [1.165, 1.54) is 0 Å². The van der Waals surface area contributed by atoms with Crippen molar-refractivity contribution in [3.05, 3.63) is 18.0 Å². The Labute approximate surface area is 70.3 Å². The van der Waals surface area contributed by atoms with Gasteiger partial charge in [0.1, 0.15) is 6.04 Å². The number of aromatic nitrogens is 2. The number of hydrogen-bond acceptors (Lipinski definition) is 3. The third-order valence-corrected chi connectivity index (χ3v) is 1.51. The summed E-state index contributed by atoms with van der Waals surface area (Å²) >= 11 is 0. The Kier molecular flexibility index (Phi) is 2.44. The predicted octanol–water partition coefficient (Wildman–Crippen LogP) is -0.996. The maximum absolute atomic E-state index is 10.6. The standard InChI is InChI=1S/C7H12N4O/c1-5-2-10-11(3-5)4-6(8)7(9)12/h2-3,6H,4,8H2,1H3,(H2,9,12). The van der Waals surface area contributed by atoms with E-state index in [0.29, 0.717) is 6.54 Å². The van der Waals surface area contributed by atoms with Crippen LogP contribution < -0.4 is 11.5 Å². The first-order valence-electron chi connectivity index (χ1n) is 3.63. The molecule has 1 heterocycles. The summed E-state index contributed by atoms with van der Waals surface area (Å²) in [4.78, 5) is 10.6. The highest BCUT2D eigenvalue weighted by Crippen LogP contribution is 1.94. The monoisotopic (exact) mass is 168 g/mol. The third-order valence-electron chi connectivity index (χ3n) is 1.51. The Morgan fingerprint density at radius 3 is 2.92 bits per heavy atom. The van der Waals surface area contributed by atoms with E-state index in [0.717, 1.165) is 5.56 Å². The minimum atomic E-state index is -0.663. The molecule has 66 valence electrons. The van der Waals surface area contributed by atoms with Crippen LogP contribution >= 0.6 is 0 Å². The first-order valence-corrected chi connectivity index (χ1v) is 3.63. The summed E-state index contributed by atoms with van der Waals surface area (Å²) in [5, 5.41) is 3.97. The van der Waals surface area contributed by atoms with E-state index >= 15 is 0 Å². The summed E-state index contributed by atoms with van der Waals surface area (Å²) in [6.07, 6.45) is 3.51. The van der Waals surface area contributed by atoms with Crippen LogP contribution in [-0.2, 0) is 11.3 Å². The molecule has 0 aliphatic heterocycles. The Balaban J connectivity index is 2.58. The molecule has 0 spiro atoms. The van der Waals surface area contributed by atoms with Gasteiger partial charge in [-0.15, -0.1) is 0 Å². The fraction of sp³-hybridized carbons (Fsp3) is 0.429. The van der Waals surface area contributed by atoms with Crippen molar-refractivity contribution in [3.8, 4) is 0 Å². The van der Waals surface area contributed by atoms with Crippen LogP contribution in [0.5, 0.6) is 0 Å². The van der Waals surface area contributed by atoms with Crippen molar-refractivity contribution in [2.24, 2.45) is 11.5 Å². The normalized spacial score (nSPS) is 12.8.